The van der Waals surface area contributed by atoms with Gasteiger partial charge in [0.05, 0.1) is 19.1 Å². The summed E-state index contributed by atoms with van der Waals surface area (Å²) in [6.45, 7) is 5.39. The molecular weight excluding hydrogens is 528 g/mol. The van der Waals surface area contributed by atoms with E-state index in [9.17, 15) is 8.42 Å². The molecule has 2 aromatic heterocycles. The second-order valence-electron chi connectivity index (χ2n) is 9.15. The maximum absolute atomic E-state index is 13.7. The molecule has 200 valence electrons. The normalized spacial score (nSPS) is 15.0. The highest BCUT2D eigenvalue weighted by atomic mass is 35.5. The molecule has 10 nitrogen and oxygen atoms in total. The molecule has 5 rings (SSSR count). The maximum Gasteiger partial charge on any atom is 0.254 e. The van der Waals surface area contributed by atoms with Crippen molar-refractivity contribution in [2.75, 3.05) is 45.3 Å². The Morgan fingerprint density at radius 1 is 0.921 bits per heavy atom. The predicted octanol–water partition coefficient (Wildman–Crippen LogP) is 3.98. The van der Waals surface area contributed by atoms with Gasteiger partial charge in [0.25, 0.3) is 5.78 Å². The number of benzene rings is 2. The Kier molecular flexibility index (Phi) is 7.17. The number of ether oxygens (including phenoxy) is 2. The van der Waals surface area contributed by atoms with E-state index in [0.29, 0.717) is 65.4 Å². The number of fused-ring (bicyclic) bond motifs is 1. The summed E-state index contributed by atoms with van der Waals surface area (Å²) in [5.41, 5.74) is 3.06. The fraction of sp³-hybridized carbons (Fsp3) is 0.346. The quantitative estimate of drug-likeness (QED) is 0.351. The molecule has 0 aliphatic carbocycles. The third-order valence-electron chi connectivity index (χ3n) is 6.80. The van der Waals surface area contributed by atoms with E-state index in [2.05, 4.69) is 20.0 Å². The molecule has 1 saturated heterocycles. The summed E-state index contributed by atoms with van der Waals surface area (Å²) in [6.07, 6.45) is 3.86. The van der Waals surface area contributed by atoms with Crippen LogP contribution in [-0.4, -0.2) is 72.7 Å². The van der Waals surface area contributed by atoms with Crippen LogP contribution in [0, 0.1) is 13.8 Å². The molecule has 0 atom stereocenters. The molecule has 2 aromatic carbocycles. The zero-order chi connectivity index (χ0) is 27.0. The molecule has 0 saturated carbocycles. The molecule has 1 fully saturated rings. The van der Waals surface area contributed by atoms with E-state index in [1.807, 2.05) is 25.1 Å². The van der Waals surface area contributed by atoms with Crippen molar-refractivity contribution in [3.8, 4) is 22.6 Å². The monoisotopic (exact) mass is 556 g/mol. The Morgan fingerprint density at radius 3 is 2.47 bits per heavy atom. The van der Waals surface area contributed by atoms with Crippen molar-refractivity contribution in [2.24, 2.45) is 0 Å². The topological polar surface area (TPSA) is 102 Å². The van der Waals surface area contributed by atoms with Gasteiger partial charge < -0.3 is 14.4 Å². The predicted molar refractivity (Wildman–Crippen MR) is 146 cm³/mol. The molecule has 1 aliphatic rings. The zero-order valence-electron chi connectivity index (χ0n) is 21.7. The van der Waals surface area contributed by atoms with Crippen molar-refractivity contribution in [1.82, 2.24) is 23.9 Å². The largest absolute Gasteiger partial charge is 0.493 e. The molecule has 0 unspecified atom stereocenters. The summed E-state index contributed by atoms with van der Waals surface area (Å²) in [5, 5.41) is 4.99. The van der Waals surface area contributed by atoms with Crippen LogP contribution in [0.25, 0.3) is 16.9 Å². The van der Waals surface area contributed by atoms with Gasteiger partial charge in [0, 0.05) is 43.0 Å². The Hall–Kier alpha value is -3.41. The average molecular weight is 557 g/mol. The third kappa shape index (κ3) is 4.65. The van der Waals surface area contributed by atoms with Crippen molar-refractivity contribution < 1.29 is 17.9 Å². The van der Waals surface area contributed by atoms with E-state index in [1.165, 1.54) is 6.33 Å². The minimum Gasteiger partial charge on any atom is -0.493 e. The van der Waals surface area contributed by atoms with Crippen LogP contribution in [-0.2, 0) is 10.0 Å². The number of aryl methyl sites for hydroxylation is 2. The Bertz CT molecular complexity index is 1610. The smallest absolute Gasteiger partial charge is 0.254 e. The lowest BCUT2D eigenvalue weighted by Gasteiger charge is -2.26. The fourth-order valence-corrected chi connectivity index (χ4v) is 6.78. The lowest BCUT2D eigenvalue weighted by atomic mass is 10.1. The first-order valence-corrected chi connectivity index (χ1v) is 14.0. The van der Waals surface area contributed by atoms with Crippen molar-refractivity contribution in [1.29, 1.82) is 0 Å². The molecule has 0 bridgehead atoms. The van der Waals surface area contributed by atoms with Crippen molar-refractivity contribution >= 4 is 33.2 Å². The average Bonchev–Trinajstić information content (AvgIpc) is 3.25. The molecule has 4 aromatic rings. The summed E-state index contributed by atoms with van der Waals surface area (Å²) < 4.78 is 41.5. The van der Waals surface area contributed by atoms with Gasteiger partial charge in [-0.2, -0.15) is 18.9 Å². The van der Waals surface area contributed by atoms with Gasteiger partial charge in [-0.15, -0.1) is 0 Å². The lowest BCUT2D eigenvalue weighted by molar-refractivity contribution is 0.355. The number of rotatable bonds is 6. The maximum atomic E-state index is 13.7. The van der Waals surface area contributed by atoms with Gasteiger partial charge in [-0.25, -0.2) is 13.4 Å². The summed E-state index contributed by atoms with van der Waals surface area (Å²) >= 11 is 6.23. The number of sulfonamides is 1. The highest BCUT2D eigenvalue weighted by molar-refractivity contribution is 7.89. The number of hydrogen-bond acceptors (Lipinski definition) is 8. The van der Waals surface area contributed by atoms with Crippen LogP contribution < -0.4 is 14.4 Å². The molecule has 0 radical (unpaired) electrons. The van der Waals surface area contributed by atoms with Gasteiger partial charge in [-0.05, 0) is 61.2 Å². The molecule has 0 N–H and O–H groups in total. The Balaban J connectivity index is 1.51. The standard InChI is InChI=1S/C26H29ClN6O4S/c1-17-13-24(18(2)12-21(17)27)38(34,35)32-9-5-8-31(10-11-32)25-20(15-28-26-29-16-30-33(25)26)19-6-7-22(36-3)23(14-19)37-4/h6-7,12-16H,5,8-11H2,1-4H3. The van der Waals surface area contributed by atoms with Crippen LogP contribution >= 0.6 is 11.6 Å². The first kappa shape index (κ1) is 26.2. The van der Waals surface area contributed by atoms with Gasteiger partial charge in [0.1, 0.15) is 12.1 Å². The van der Waals surface area contributed by atoms with Gasteiger partial charge in [0.15, 0.2) is 11.5 Å². The van der Waals surface area contributed by atoms with Crippen molar-refractivity contribution in [3.63, 3.8) is 0 Å². The van der Waals surface area contributed by atoms with E-state index in [-0.39, 0.29) is 0 Å². The Morgan fingerprint density at radius 2 is 1.71 bits per heavy atom. The van der Waals surface area contributed by atoms with Crippen LogP contribution in [0.4, 0.5) is 5.82 Å². The number of methoxy groups -OCH3 is 2. The van der Waals surface area contributed by atoms with E-state index in [0.717, 1.165) is 22.5 Å². The lowest BCUT2D eigenvalue weighted by Crippen LogP contribution is -2.36. The number of anilines is 1. The first-order valence-electron chi connectivity index (χ1n) is 12.2. The minimum atomic E-state index is -3.70. The van der Waals surface area contributed by atoms with E-state index < -0.39 is 10.0 Å². The van der Waals surface area contributed by atoms with E-state index in [1.54, 1.807) is 48.3 Å². The highest BCUT2D eigenvalue weighted by Gasteiger charge is 2.30. The minimum absolute atomic E-state index is 0.293. The number of aromatic nitrogens is 4. The van der Waals surface area contributed by atoms with Gasteiger partial charge in [-0.3, -0.25) is 0 Å². The molecule has 38 heavy (non-hydrogen) atoms. The van der Waals surface area contributed by atoms with Crippen LogP contribution in [0.15, 0.2) is 47.8 Å². The van der Waals surface area contributed by atoms with Gasteiger partial charge in [0.2, 0.25) is 10.0 Å². The molecule has 0 spiro atoms. The van der Waals surface area contributed by atoms with Gasteiger partial charge in [-0.1, -0.05) is 17.7 Å². The summed E-state index contributed by atoms with van der Waals surface area (Å²) in [7, 11) is -0.516. The van der Waals surface area contributed by atoms with Crippen molar-refractivity contribution in [2.45, 2.75) is 25.2 Å². The SMILES string of the molecule is COc1ccc(-c2cnc3ncnn3c2N2CCCN(S(=O)(=O)c3cc(C)c(Cl)cc3C)CC2)cc1OC. The molecule has 0 amide bonds. The van der Waals surface area contributed by atoms with Crippen LogP contribution in [0.5, 0.6) is 11.5 Å². The summed E-state index contributed by atoms with van der Waals surface area (Å²) in [4.78, 5) is 11.2. The van der Waals surface area contributed by atoms with Crippen LogP contribution in [0.1, 0.15) is 17.5 Å². The molecular formula is C26H29ClN6O4S. The molecule has 1 aliphatic heterocycles. The second-order valence-corrected chi connectivity index (χ2v) is 11.5. The summed E-state index contributed by atoms with van der Waals surface area (Å²) in [6, 6.07) is 9.04. The van der Waals surface area contributed by atoms with E-state index in [4.69, 9.17) is 21.1 Å². The molecule has 12 heteroatoms. The number of hydrogen-bond donors (Lipinski definition) is 0. The molecule has 3 heterocycles. The highest BCUT2D eigenvalue weighted by Crippen LogP contribution is 2.37. The Labute approximate surface area is 226 Å². The second kappa shape index (κ2) is 10.4. The van der Waals surface area contributed by atoms with Crippen molar-refractivity contribution in [3.05, 3.63) is 59.0 Å². The number of nitrogens with zero attached hydrogens (tertiary/aromatic N) is 6. The number of halogens is 1. The fourth-order valence-electron chi connectivity index (χ4n) is 4.80. The summed E-state index contributed by atoms with van der Waals surface area (Å²) in [5.74, 6) is 2.47. The van der Waals surface area contributed by atoms with E-state index >= 15 is 0 Å². The zero-order valence-corrected chi connectivity index (χ0v) is 23.3. The first-order chi connectivity index (χ1) is 18.2. The van der Waals surface area contributed by atoms with Gasteiger partial charge >= 0.3 is 0 Å². The van der Waals surface area contributed by atoms with Crippen LogP contribution in [0.3, 0.4) is 0 Å². The third-order valence-corrected chi connectivity index (χ3v) is 9.25. The van der Waals surface area contributed by atoms with Crippen LogP contribution in [0.2, 0.25) is 5.02 Å².